The highest BCUT2D eigenvalue weighted by Crippen LogP contribution is 2.26. The third kappa shape index (κ3) is 6.02. The Hall–Kier alpha value is -1.96. The Morgan fingerprint density at radius 2 is 2.04 bits per heavy atom. The lowest BCUT2D eigenvalue weighted by Crippen LogP contribution is -2.49. The van der Waals surface area contributed by atoms with Crippen LogP contribution in [0.2, 0.25) is 5.02 Å². The minimum Gasteiger partial charge on any atom is -0.440 e. The Balaban J connectivity index is 1.95. The molecule has 1 aromatic rings. The Morgan fingerprint density at radius 3 is 2.67 bits per heavy atom. The molecule has 1 unspecified atom stereocenters. The van der Waals surface area contributed by atoms with Gasteiger partial charge in [0.25, 0.3) is 0 Å². The maximum absolute atomic E-state index is 12.5. The van der Waals surface area contributed by atoms with Crippen LogP contribution in [0.25, 0.3) is 0 Å². The second-order valence-electron chi connectivity index (χ2n) is 7.13. The number of likely N-dealkylation sites (tertiary alicyclic amines) is 1. The van der Waals surface area contributed by atoms with E-state index in [-0.39, 0.29) is 13.1 Å². The number of halogens is 4. The predicted molar refractivity (Wildman–Crippen MR) is 94.6 cm³/mol. The first-order chi connectivity index (χ1) is 12.5. The molecule has 1 saturated heterocycles. The first-order valence-corrected chi connectivity index (χ1v) is 8.91. The van der Waals surface area contributed by atoms with Crippen molar-refractivity contribution < 1.29 is 27.5 Å². The lowest BCUT2D eigenvalue weighted by molar-refractivity contribution is -0.162. The van der Waals surface area contributed by atoms with E-state index in [1.165, 1.54) is 0 Å². The second-order valence-corrected chi connectivity index (χ2v) is 7.57. The molecule has 1 aliphatic heterocycles. The molecule has 1 heterocycles. The number of rotatable bonds is 5. The van der Waals surface area contributed by atoms with Crippen LogP contribution in [0.1, 0.15) is 32.3 Å². The van der Waals surface area contributed by atoms with Crippen molar-refractivity contribution in [2.24, 2.45) is 0 Å². The quantitative estimate of drug-likeness (QED) is 0.806. The van der Waals surface area contributed by atoms with Crippen molar-refractivity contribution in [2.45, 2.75) is 44.3 Å². The number of hydrogen-bond acceptors (Lipinski definition) is 3. The first-order valence-electron chi connectivity index (χ1n) is 8.53. The van der Waals surface area contributed by atoms with Crippen molar-refractivity contribution in [3.63, 3.8) is 0 Å². The van der Waals surface area contributed by atoms with Crippen LogP contribution in [-0.2, 0) is 14.9 Å². The molecule has 1 fully saturated rings. The molecule has 1 aliphatic rings. The Morgan fingerprint density at radius 1 is 1.33 bits per heavy atom. The van der Waals surface area contributed by atoms with Crippen LogP contribution < -0.4 is 5.32 Å². The molecular weight excluding hydrogens is 385 g/mol. The van der Waals surface area contributed by atoms with E-state index in [9.17, 15) is 22.8 Å². The zero-order valence-corrected chi connectivity index (χ0v) is 15.9. The minimum atomic E-state index is -4.60. The fourth-order valence-electron chi connectivity index (χ4n) is 2.92. The molecule has 0 radical (unpaired) electrons. The molecule has 0 aliphatic carbocycles. The number of nitrogens with one attached hydrogen (secondary N) is 1. The third-order valence-electron chi connectivity index (χ3n) is 4.46. The second kappa shape index (κ2) is 8.37. The molecule has 0 spiro atoms. The molecule has 27 heavy (non-hydrogen) atoms. The monoisotopic (exact) mass is 406 g/mol. The van der Waals surface area contributed by atoms with Crippen LogP contribution in [0.15, 0.2) is 24.3 Å². The number of alkyl halides is 3. The highest BCUT2D eigenvalue weighted by Gasteiger charge is 2.38. The summed E-state index contributed by atoms with van der Waals surface area (Å²) in [5.74, 6) is -0.411. The Labute approximate surface area is 160 Å². The largest absolute Gasteiger partial charge is 0.440 e. The smallest absolute Gasteiger partial charge is 0.422 e. The fraction of sp³-hybridized carbons (Fsp3) is 0.556. The van der Waals surface area contributed by atoms with Crippen LogP contribution in [-0.4, -0.2) is 48.8 Å². The highest BCUT2D eigenvalue weighted by atomic mass is 35.5. The van der Waals surface area contributed by atoms with Crippen molar-refractivity contribution in [3.8, 4) is 0 Å². The minimum absolute atomic E-state index is 0.187. The summed E-state index contributed by atoms with van der Waals surface area (Å²) in [6.45, 7) is 2.67. The highest BCUT2D eigenvalue weighted by molar-refractivity contribution is 6.30. The molecule has 0 bridgehead atoms. The Bertz CT molecular complexity index is 695. The molecule has 5 nitrogen and oxygen atoms in total. The van der Waals surface area contributed by atoms with E-state index in [2.05, 4.69) is 10.1 Å². The van der Waals surface area contributed by atoms with E-state index in [1.54, 1.807) is 6.07 Å². The van der Waals surface area contributed by atoms with Crippen molar-refractivity contribution in [1.82, 2.24) is 10.2 Å². The molecular formula is C18H22ClF3N2O3. The van der Waals surface area contributed by atoms with Gasteiger partial charge in [-0.2, -0.15) is 13.2 Å². The van der Waals surface area contributed by atoms with Crippen molar-refractivity contribution >= 4 is 23.6 Å². The maximum Gasteiger partial charge on any atom is 0.422 e. The molecule has 0 aromatic heterocycles. The van der Waals surface area contributed by atoms with Gasteiger partial charge in [0, 0.05) is 23.5 Å². The summed E-state index contributed by atoms with van der Waals surface area (Å²) < 4.78 is 40.9. The van der Waals surface area contributed by atoms with Gasteiger partial charge in [0.2, 0.25) is 5.91 Å². The predicted octanol–water partition coefficient (Wildman–Crippen LogP) is 3.90. The summed E-state index contributed by atoms with van der Waals surface area (Å²) in [5, 5.41) is 3.37. The van der Waals surface area contributed by atoms with Gasteiger partial charge in [-0.1, -0.05) is 37.6 Å². The van der Waals surface area contributed by atoms with Crippen LogP contribution in [0.5, 0.6) is 0 Å². The topological polar surface area (TPSA) is 58.6 Å². The number of ether oxygens (including phenoxy) is 1. The molecule has 1 atom stereocenters. The van der Waals surface area contributed by atoms with Gasteiger partial charge in [-0.15, -0.1) is 0 Å². The number of hydrogen-bond donors (Lipinski definition) is 1. The number of nitrogens with zero attached hydrogens (tertiary/aromatic N) is 1. The van der Waals surface area contributed by atoms with Crippen LogP contribution >= 0.6 is 11.6 Å². The van der Waals surface area contributed by atoms with Gasteiger partial charge in [0.05, 0.1) is 0 Å². The van der Waals surface area contributed by atoms with E-state index in [4.69, 9.17) is 11.6 Å². The van der Waals surface area contributed by atoms with Crippen molar-refractivity contribution in [3.05, 3.63) is 34.9 Å². The maximum atomic E-state index is 12.5. The van der Waals surface area contributed by atoms with Crippen LogP contribution in [0.3, 0.4) is 0 Å². The average molecular weight is 407 g/mol. The van der Waals surface area contributed by atoms with Crippen LogP contribution in [0.4, 0.5) is 18.0 Å². The van der Waals surface area contributed by atoms with Gasteiger partial charge < -0.3 is 10.1 Å². The lowest BCUT2D eigenvalue weighted by Gasteiger charge is -2.28. The van der Waals surface area contributed by atoms with E-state index in [0.717, 1.165) is 10.5 Å². The molecule has 0 saturated carbocycles. The third-order valence-corrected chi connectivity index (χ3v) is 4.70. The van der Waals surface area contributed by atoms with Gasteiger partial charge in [0.1, 0.15) is 6.04 Å². The summed E-state index contributed by atoms with van der Waals surface area (Å²) in [7, 11) is 0. The molecule has 2 amide bonds. The van der Waals surface area contributed by atoms with E-state index in [0.29, 0.717) is 17.9 Å². The zero-order valence-electron chi connectivity index (χ0n) is 15.1. The van der Waals surface area contributed by atoms with Crippen LogP contribution in [0, 0.1) is 0 Å². The summed E-state index contributed by atoms with van der Waals surface area (Å²) in [6, 6.07) is 6.44. The summed E-state index contributed by atoms with van der Waals surface area (Å²) >= 11 is 6.01. The van der Waals surface area contributed by atoms with E-state index >= 15 is 0 Å². The zero-order chi connectivity index (χ0) is 20.2. The SMILES string of the molecule is CC(C)(CNC(=O)C1CCCN1C(=O)OCC(F)(F)F)c1cccc(Cl)c1. The van der Waals surface area contributed by atoms with Crippen molar-refractivity contribution in [2.75, 3.05) is 19.7 Å². The number of amides is 2. The molecule has 1 N–H and O–H groups in total. The van der Waals surface area contributed by atoms with E-state index in [1.807, 2.05) is 32.0 Å². The lowest BCUT2D eigenvalue weighted by atomic mass is 9.84. The number of benzene rings is 1. The van der Waals surface area contributed by atoms with Gasteiger partial charge >= 0.3 is 12.3 Å². The number of carbonyl (C=O) groups is 2. The molecule has 150 valence electrons. The molecule has 9 heteroatoms. The van der Waals surface area contributed by atoms with Gasteiger partial charge in [0.15, 0.2) is 6.61 Å². The Kier molecular flexibility index (Phi) is 6.62. The summed E-state index contributed by atoms with van der Waals surface area (Å²) in [5.41, 5.74) is 0.518. The number of carbonyl (C=O) groups excluding carboxylic acids is 2. The standard InChI is InChI=1S/C18H22ClF3N2O3/c1-17(2,12-5-3-6-13(19)9-12)10-23-15(25)14-7-4-8-24(14)16(26)27-11-18(20,21)22/h3,5-6,9,14H,4,7-8,10-11H2,1-2H3,(H,23,25). The normalized spacial score (nSPS) is 17.7. The molecule has 2 rings (SSSR count). The van der Waals surface area contributed by atoms with E-state index < -0.39 is 36.2 Å². The van der Waals surface area contributed by atoms with Crippen molar-refractivity contribution in [1.29, 1.82) is 0 Å². The fourth-order valence-corrected chi connectivity index (χ4v) is 3.11. The summed E-state index contributed by atoms with van der Waals surface area (Å²) in [6.07, 6.45) is -4.82. The van der Waals surface area contributed by atoms with Gasteiger partial charge in [-0.25, -0.2) is 4.79 Å². The van der Waals surface area contributed by atoms with Gasteiger partial charge in [-0.05, 0) is 30.5 Å². The average Bonchev–Trinajstić information content (AvgIpc) is 3.07. The molecule has 1 aromatic carbocycles. The van der Waals surface area contributed by atoms with Gasteiger partial charge in [-0.3, -0.25) is 9.69 Å². The first kappa shape index (κ1) is 21.3. The summed E-state index contributed by atoms with van der Waals surface area (Å²) in [4.78, 5) is 25.4.